The predicted molar refractivity (Wildman–Crippen MR) is 74.4 cm³/mol. The zero-order chi connectivity index (χ0) is 12.8. The second-order valence-electron chi connectivity index (χ2n) is 3.62. The van der Waals surface area contributed by atoms with E-state index >= 15 is 0 Å². The highest BCUT2D eigenvalue weighted by atomic mass is 79.9. The van der Waals surface area contributed by atoms with Crippen molar-refractivity contribution >= 4 is 27.4 Å². The molecule has 0 bridgehead atoms. The van der Waals surface area contributed by atoms with E-state index in [0.29, 0.717) is 5.56 Å². The van der Waals surface area contributed by atoms with Gasteiger partial charge in [-0.2, -0.15) is 10.2 Å². The third kappa shape index (κ3) is 3.34. The Morgan fingerprint density at radius 2 is 1.50 bits per heavy atom. The van der Waals surface area contributed by atoms with Crippen LogP contribution in [0.1, 0.15) is 10.4 Å². The van der Waals surface area contributed by atoms with Crippen molar-refractivity contribution in [3.05, 3.63) is 66.2 Å². The van der Waals surface area contributed by atoms with Crippen LogP contribution in [0, 0.1) is 0 Å². The van der Waals surface area contributed by atoms with Gasteiger partial charge in [-0.05, 0) is 12.1 Å². The Bertz CT molecular complexity index is 540. The number of ketones is 1. The molecule has 1 unspecified atom stereocenters. The number of carbonyl (C=O) groups excluding carboxylic acids is 1. The van der Waals surface area contributed by atoms with Gasteiger partial charge in [0, 0.05) is 5.56 Å². The van der Waals surface area contributed by atoms with Gasteiger partial charge >= 0.3 is 0 Å². The first-order valence-electron chi connectivity index (χ1n) is 5.46. The van der Waals surface area contributed by atoms with Gasteiger partial charge in [0.25, 0.3) is 0 Å². The number of rotatable bonds is 4. The molecule has 1 atom stereocenters. The van der Waals surface area contributed by atoms with Crippen LogP contribution in [0.2, 0.25) is 0 Å². The molecule has 0 fully saturated rings. The van der Waals surface area contributed by atoms with E-state index in [1.807, 2.05) is 48.5 Å². The van der Waals surface area contributed by atoms with E-state index in [2.05, 4.69) is 26.2 Å². The summed E-state index contributed by atoms with van der Waals surface area (Å²) in [5.41, 5.74) is 1.34. The van der Waals surface area contributed by atoms with Gasteiger partial charge in [-0.15, -0.1) is 0 Å². The minimum Gasteiger partial charge on any atom is -0.291 e. The molecule has 0 aromatic heterocycles. The van der Waals surface area contributed by atoms with E-state index in [0.717, 1.165) is 5.69 Å². The third-order valence-electron chi connectivity index (χ3n) is 2.31. The van der Waals surface area contributed by atoms with E-state index in [1.54, 1.807) is 12.1 Å². The van der Waals surface area contributed by atoms with Crippen LogP contribution in [0.15, 0.2) is 70.9 Å². The lowest BCUT2D eigenvalue weighted by Gasteiger charge is -2.02. The molecule has 0 aliphatic rings. The fourth-order valence-corrected chi connectivity index (χ4v) is 1.76. The van der Waals surface area contributed by atoms with E-state index in [9.17, 15) is 4.79 Å². The van der Waals surface area contributed by atoms with Crippen molar-refractivity contribution in [2.75, 3.05) is 0 Å². The number of Topliss-reactive ketones (excluding diaryl/α,β-unsaturated/α-hetero) is 1. The van der Waals surface area contributed by atoms with Crippen LogP contribution in [0.25, 0.3) is 0 Å². The molecule has 90 valence electrons. The molecule has 0 spiro atoms. The number of hydrogen-bond acceptors (Lipinski definition) is 3. The second-order valence-corrected chi connectivity index (χ2v) is 4.48. The Morgan fingerprint density at radius 1 is 0.944 bits per heavy atom. The normalized spacial score (nSPS) is 12.5. The average Bonchev–Trinajstić information content (AvgIpc) is 2.46. The number of alkyl halides is 1. The molecule has 4 heteroatoms. The maximum Gasteiger partial charge on any atom is 0.200 e. The summed E-state index contributed by atoms with van der Waals surface area (Å²) in [6, 6.07) is 18.3. The van der Waals surface area contributed by atoms with Crippen molar-refractivity contribution in [3.63, 3.8) is 0 Å². The van der Waals surface area contributed by atoms with Crippen LogP contribution in [0.3, 0.4) is 0 Å². The van der Waals surface area contributed by atoms with Gasteiger partial charge in [0.15, 0.2) is 10.7 Å². The number of carbonyl (C=O) groups is 1. The Hall–Kier alpha value is -1.81. The lowest BCUT2D eigenvalue weighted by Crippen LogP contribution is -2.10. The maximum absolute atomic E-state index is 12.0. The fraction of sp³-hybridized carbons (Fsp3) is 0.0714. The standard InChI is InChI=1S/C14H11BrN2O/c15-14(13(18)11-7-3-1-4-8-11)17-16-12-9-5-2-6-10-12/h1-10,14H. The molecule has 18 heavy (non-hydrogen) atoms. The first-order chi connectivity index (χ1) is 8.77. The van der Waals surface area contributed by atoms with E-state index in [1.165, 1.54) is 0 Å². The number of hydrogen-bond donors (Lipinski definition) is 0. The summed E-state index contributed by atoms with van der Waals surface area (Å²) in [7, 11) is 0. The fourth-order valence-electron chi connectivity index (χ4n) is 1.40. The molecule has 0 saturated heterocycles. The quantitative estimate of drug-likeness (QED) is 0.358. The topological polar surface area (TPSA) is 41.8 Å². The van der Waals surface area contributed by atoms with Crippen LogP contribution in [0.5, 0.6) is 0 Å². The Kier molecular flexibility index (Phi) is 4.36. The molecule has 2 aromatic carbocycles. The monoisotopic (exact) mass is 302 g/mol. The average molecular weight is 303 g/mol. The molecule has 0 aliphatic carbocycles. The summed E-state index contributed by atoms with van der Waals surface area (Å²) < 4.78 is 0. The minimum atomic E-state index is -0.653. The Labute approximate surface area is 114 Å². The highest BCUT2D eigenvalue weighted by molar-refractivity contribution is 9.10. The first-order valence-corrected chi connectivity index (χ1v) is 6.38. The van der Waals surface area contributed by atoms with E-state index < -0.39 is 4.95 Å². The van der Waals surface area contributed by atoms with Crippen molar-refractivity contribution in [3.8, 4) is 0 Å². The highest BCUT2D eigenvalue weighted by Gasteiger charge is 2.15. The molecule has 0 radical (unpaired) electrons. The molecule has 2 rings (SSSR count). The zero-order valence-corrected chi connectivity index (χ0v) is 11.1. The lowest BCUT2D eigenvalue weighted by atomic mass is 10.1. The molecular weight excluding hydrogens is 292 g/mol. The number of azo groups is 1. The molecule has 0 saturated carbocycles. The Morgan fingerprint density at radius 3 is 2.11 bits per heavy atom. The molecule has 3 nitrogen and oxygen atoms in total. The van der Waals surface area contributed by atoms with Crippen molar-refractivity contribution in [1.29, 1.82) is 0 Å². The predicted octanol–water partition coefficient (Wildman–Crippen LogP) is 4.37. The number of benzene rings is 2. The number of halogens is 1. The summed E-state index contributed by atoms with van der Waals surface area (Å²) in [5.74, 6) is -0.102. The van der Waals surface area contributed by atoms with Crippen LogP contribution < -0.4 is 0 Å². The maximum atomic E-state index is 12.0. The van der Waals surface area contributed by atoms with E-state index in [4.69, 9.17) is 0 Å². The summed E-state index contributed by atoms with van der Waals surface area (Å²) in [6.07, 6.45) is 0. The lowest BCUT2D eigenvalue weighted by molar-refractivity contribution is 0.0991. The Balaban J connectivity index is 2.07. The molecule has 0 aliphatic heterocycles. The van der Waals surface area contributed by atoms with Gasteiger partial charge in [0.1, 0.15) is 0 Å². The van der Waals surface area contributed by atoms with Crippen LogP contribution in [-0.2, 0) is 0 Å². The summed E-state index contributed by atoms with van der Waals surface area (Å²) in [4.78, 5) is 11.3. The molecule has 0 amide bonds. The largest absolute Gasteiger partial charge is 0.291 e. The molecule has 0 N–H and O–H groups in total. The van der Waals surface area contributed by atoms with E-state index in [-0.39, 0.29) is 5.78 Å². The molecule has 0 heterocycles. The van der Waals surface area contributed by atoms with Crippen molar-refractivity contribution < 1.29 is 4.79 Å². The van der Waals surface area contributed by atoms with Gasteiger partial charge in [-0.3, -0.25) is 4.79 Å². The van der Waals surface area contributed by atoms with Gasteiger partial charge < -0.3 is 0 Å². The summed E-state index contributed by atoms with van der Waals surface area (Å²) in [5, 5.41) is 7.97. The second kappa shape index (κ2) is 6.21. The number of nitrogens with zero attached hydrogens (tertiary/aromatic N) is 2. The van der Waals surface area contributed by atoms with Gasteiger partial charge in [0.2, 0.25) is 0 Å². The molecule has 2 aromatic rings. The third-order valence-corrected chi connectivity index (χ3v) is 2.90. The van der Waals surface area contributed by atoms with Crippen molar-refractivity contribution in [1.82, 2.24) is 0 Å². The smallest absolute Gasteiger partial charge is 0.200 e. The molecular formula is C14H11BrN2O. The van der Waals surface area contributed by atoms with Crippen LogP contribution >= 0.6 is 15.9 Å². The van der Waals surface area contributed by atoms with Gasteiger partial charge in [0.05, 0.1) is 5.69 Å². The van der Waals surface area contributed by atoms with Crippen LogP contribution in [-0.4, -0.2) is 10.7 Å². The van der Waals surface area contributed by atoms with Gasteiger partial charge in [-0.25, -0.2) is 0 Å². The van der Waals surface area contributed by atoms with Crippen LogP contribution in [0.4, 0.5) is 5.69 Å². The summed E-state index contributed by atoms with van der Waals surface area (Å²) >= 11 is 3.23. The van der Waals surface area contributed by atoms with Crippen molar-refractivity contribution in [2.24, 2.45) is 10.2 Å². The minimum absolute atomic E-state index is 0.102. The summed E-state index contributed by atoms with van der Waals surface area (Å²) in [6.45, 7) is 0. The van der Waals surface area contributed by atoms with Gasteiger partial charge in [-0.1, -0.05) is 64.5 Å². The zero-order valence-electron chi connectivity index (χ0n) is 9.53. The first kappa shape index (κ1) is 12.6. The van der Waals surface area contributed by atoms with Crippen molar-refractivity contribution in [2.45, 2.75) is 4.95 Å². The highest BCUT2D eigenvalue weighted by Crippen LogP contribution is 2.16. The SMILES string of the molecule is O=C(c1ccccc1)C(Br)N=Nc1ccccc1.